The molecule has 13 heavy (non-hydrogen) atoms. The molecule has 0 saturated carbocycles. The van der Waals surface area contributed by atoms with E-state index in [0.29, 0.717) is 0 Å². The number of rotatable bonds is 3. The minimum atomic E-state index is -1.44. The zero-order valence-electron chi connectivity index (χ0n) is 8.25. The summed E-state index contributed by atoms with van der Waals surface area (Å²) in [7, 11) is 1.32. The average Bonchev–Trinajstić information content (AvgIpc) is 2.44. The zero-order chi connectivity index (χ0) is 10.8. The second-order valence-electron chi connectivity index (χ2n) is 2.94. The molecular weight excluding hydrogens is 176 g/mol. The van der Waals surface area contributed by atoms with Gasteiger partial charge in [-0.25, -0.2) is 0 Å². The topological polar surface area (TPSA) is 79.2 Å². The number of methoxy groups -OCH3 is 1. The van der Waals surface area contributed by atoms with Crippen LogP contribution in [0.25, 0.3) is 0 Å². The predicted octanol–water partition coefficient (Wildman–Crippen LogP) is -1.37. The van der Waals surface area contributed by atoms with Crippen molar-refractivity contribution in [1.82, 2.24) is 0 Å². The maximum absolute atomic E-state index is 9.59. The zero-order valence-corrected chi connectivity index (χ0v) is 7.25. The monoisotopic (exact) mass is 191 g/mol. The van der Waals surface area contributed by atoms with E-state index >= 15 is 0 Å². The molecule has 1 saturated heterocycles. The van der Waals surface area contributed by atoms with E-state index in [9.17, 15) is 10.2 Å². The fourth-order valence-corrected chi connectivity index (χ4v) is 1.30. The Hall–Kier alpha value is -0.460. The summed E-state index contributed by atoms with van der Waals surface area (Å²) >= 11 is 0. The lowest BCUT2D eigenvalue weighted by Crippen LogP contribution is -2.44. The molecule has 0 bridgehead atoms. The van der Waals surface area contributed by atoms with Gasteiger partial charge in [0, 0.05) is 7.11 Å². The molecule has 1 fully saturated rings. The van der Waals surface area contributed by atoms with Gasteiger partial charge in [-0.3, -0.25) is 0 Å². The summed E-state index contributed by atoms with van der Waals surface area (Å²) in [6.45, 7) is 0.366. The van der Waals surface area contributed by atoms with E-state index in [-0.39, 0.29) is 0 Å². The van der Waals surface area contributed by atoms with Crippen molar-refractivity contribution in [3.63, 3.8) is 0 Å². The average molecular weight is 191 g/mol. The normalized spacial score (nSPS) is 47.1. The van der Waals surface area contributed by atoms with E-state index in [1.807, 2.05) is 0 Å². The smallest absolute Gasteiger partial charge is 0.187 e. The van der Waals surface area contributed by atoms with Crippen molar-refractivity contribution in [3.8, 4) is 0 Å². The van der Waals surface area contributed by atoms with Gasteiger partial charge in [0.25, 0.3) is 0 Å². The number of aliphatic hydroxyl groups excluding tert-OH is 3. The van der Waals surface area contributed by atoms with Gasteiger partial charge in [0.15, 0.2) is 6.29 Å². The van der Waals surface area contributed by atoms with Crippen molar-refractivity contribution in [2.45, 2.75) is 24.1 Å². The third-order valence-electron chi connectivity index (χ3n) is 2.20. The highest BCUT2D eigenvalue weighted by molar-refractivity contribution is 5.09. The molecule has 0 aliphatic carbocycles. The van der Waals surface area contributed by atoms with Gasteiger partial charge in [-0.05, 0) is 0 Å². The Morgan fingerprint density at radius 2 is 2.46 bits per heavy atom. The molecule has 1 aliphatic rings. The molecule has 0 amide bonds. The van der Waals surface area contributed by atoms with E-state index in [0.717, 1.165) is 6.55 Å². The first-order valence-corrected chi connectivity index (χ1v) is 3.85. The summed E-state index contributed by atoms with van der Waals surface area (Å²) in [4.78, 5) is 0. The maximum atomic E-state index is 9.59. The van der Waals surface area contributed by atoms with Crippen molar-refractivity contribution in [3.05, 3.63) is 12.6 Å². The fourth-order valence-electron chi connectivity index (χ4n) is 1.30. The highest BCUT2D eigenvalue weighted by Crippen LogP contribution is 2.32. The third kappa shape index (κ3) is 1.49. The van der Waals surface area contributed by atoms with Gasteiger partial charge >= 0.3 is 0 Å². The van der Waals surface area contributed by atoms with Gasteiger partial charge in [-0.2, -0.15) is 0 Å². The van der Waals surface area contributed by atoms with Crippen LogP contribution >= 0.6 is 0 Å². The van der Waals surface area contributed by atoms with Crippen LogP contribution < -0.4 is 0 Å². The molecule has 0 radical (unpaired) electrons. The summed E-state index contributed by atoms with van der Waals surface area (Å²) in [6, 6.07) is 0. The second kappa shape index (κ2) is 3.73. The van der Waals surface area contributed by atoms with Crippen LogP contribution in [0.3, 0.4) is 0 Å². The maximum Gasteiger partial charge on any atom is 0.187 e. The van der Waals surface area contributed by atoms with E-state index < -0.39 is 30.7 Å². The first-order valence-electron chi connectivity index (χ1n) is 4.42. The summed E-state index contributed by atoms with van der Waals surface area (Å²) in [5, 5.41) is 28.1. The Bertz CT molecular complexity index is 222. The second-order valence-corrected chi connectivity index (χ2v) is 2.94. The molecule has 1 heterocycles. The molecule has 0 aromatic carbocycles. The van der Waals surface area contributed by atoms with Crippen LogP contribution in [0.15, 0.2) is 12.6 Å². The van der Waals surface area contributed by atoms with Crippen molar-refractivity contribution < 1.29 is 26.2 Å². The molecule has 1 aliphatic heterocycles. The first kappa shape index (κ1) is 9.11. The first-order chi connectivity index (χ1) is 6.61. The van der Waals surface area contributed by atoms with Crippen LogP contribution in [0.4, 0.5) is 0 Å². The number of ether oxygens (including phenoxy) is 2. The van der Waals surface area contributed by atoms with Crippen molar-refractivity contribution in [2.24, 2.45) is 0 Å². The predicted molar refractivity (Wildman–Crippen MR) is 43.9 cm³/mol. The Kier molecular flexibility index (Phi) is 2.61. The Labute approximate surface area is 77.6 Å². The van der Waals surface area contributed by atoms with E-state index in [1.165, 1.54) is 13.2 Å². The van der Waals surface area contributed by atoms with Crippen LogP contribution in [0.5, 0.6) is 0 Å². The van der Waals surface area contributed by atoms with Gasteiger partial charge in [-0.15, -0.1) is 6.55 Å². The van der Waals surface area contributed by atoms with Gasteiger partial charge < -0.3 is 24.8 Å². The summed E-state index contributed by atoms with van der Waals surface area (Å²) in [6.07, 6.45) is -2.35. The van der Waals surface area contributed by atoms with Crippen LogP contribution in [0.1, 0.15) is 1.37 Å². The third-order valence-corrected chi connectivity index (χ3v) is 2.20. The standard InChI is InChI=1S/C8H14O5/c1-3-8(4-9)6(11)5(10)7(12-2)13-8/h3,5-7,9-11H,1,4H2,2H3/t5-,6+,7?,8-/m1/s1/i1D. The van der Waals surface area contributed by atoms with Crippen LogP contribution in [-0.2, 0) is 9.47 Å². The molecule has 1 unspecified atom stereocenters. The van der Waals surface area contributed by atoms with Crippen LogP contribution in [0.2, 0.25) is 0 Å². The summed E-state index contributed by atoms with van der Waals surface area (Å²) < 4.78 is 16.8. The molecule has 4 atom stereocenters. The molecule has 0 aromatic heterocycles. The van der Waals surface area contributed by atoms with Gasteiger partial charge in [-0.1, -0.05) is 6.08 Å². The quantitative estimate of drug-likeness (QED) is 0.479. The Balaban J connectivity index is 2.89. The molecule has 5 heteroatoms. The molecule has 76 valence electrons. The SMILES string of the molecule is [2H]C=C[C@]1(CO)OC(OC)[C@H](O)[C@@H]1O. The van der Waals surface area contributed by atoms with E-state index in [4.69, 9.17) is 16.0 Å². The largest absolute Gasteiger partial charge is 0.393 e. The molecule has 0 spiro atoms. The number of hydrogen-bond acceptors (Lipinski definition) is 5. The molecule has 1 rings (SSSR count). The highest BCUT2D eigenvalue weighted by atomic mass is 16.7. The lowest BCUT2D eigenvalue weighted by molar-refractivity contribution is -0.173. The summed E-state index contributed by atoms with van der Waals surface area (Å²) in [5.41, 5.74) is -1.44. The molecule has 5 nitrogen and oxygen atoms in total. The van der Waals surface area contributed by atoms with E-state index in [2.05, 4.69) is 0 Å². The number of hydrogen-bond donors (Lipinski definition) is 3. The lowest BCUT2D eigenvalue weighted by Gasteiger charge is -2.25. The highest BCUT2D eigenvalue weighted by Gasteiger charge is 2.52. The number of aliphatic hydroxyl groups is 3. The minimum absolute atomic E-state index is 0.527. The van der Waals surface area contributed by atoms with Gasteiger partial charge in [0.1, 0.15) is 17.8 Å². The summed E-state index contributed by atoms with van der Waals surface area (Å²) in [5.74, 6) is 0. The molecule has 0 aromatic rings. The van der Waals surface area contributed by atoms with Crippen molar-refractivity contribution in [2.75, 3.05) is 13.7 Å². The van der Waals surface area contributed by atoms with Crippen LogP contribution in [0, 0.1) is 0 Å². The minimum Gasteiger partial charge on any atom is -0.393 e. The Morgan fingerprint density at radius 1 is 1.77 bits per heavy atom. The van der Waals surface area contributed by atoms with Crippen molar-refractivity contribution >= 4 is 0 Å². The Morgan fingerprint density at radius 3 is 2.85 bits per heavy atom. The molecular formula is C8H14O5. The van der Waals surface area contributed by atoms with Crippen molar-refractivity contribution in [1.29, 1.82) is 0 Å². The van der Waals surface area contributed by atoms with Crippen LogP contribution in [-0.4, -0.2) is 53.1 Å². The lowest BCUT2D eigenvalue weighted by atomic mass is 9.97. The van der Waals surface area contributed by atoms with E-state index in [1.54, 1.807) is 0 Å². The fraction of sp³-hybridized carbons (Fsp3) is 0.750. The molecule has 3 N–H and O–H groups in total. The van der Waals surface area contributed by atoms with Gasteiger partial charge in [0.05, 0.1) is 7.98 Å². The van der Waals surface area contributed by atoms with Gasteiger partial charge in [0.2, 0.25) is 0 Å².